The lowest BCUT2D eigenvalue weighted by Gasteiger charge is -2.43. The summed E-state index contributed by atoms with van der Waals surface area (Å²) in [5, 5.41) is 12.8. The van der Waals surface area contributed by atoms with Gasteiger partial charge in [0.25, 0.3) is 0 Å². The number of aliphatic imine (C=N–C) groups is 1. The van der Waals surface area contributed by atoms with Gasteiger partial charge in [0.05, 0.1) is 12.3 Å². The molecule has 0 amide bonds. The molecule has 1 aromatic rings. The summed E-state index contributed by atoms with van der Waals surface area (Å²) in [5.41, 5.74) is 0.626. The summed E-state index contributed by atoms with van der Waals surface area (Å²) >= 11 is 0. The SMILES string of the molecule is C=C(C=Nc1cc(C2(C(F)(F)F)CCC2)n(C)c1C)C1CCCCC(CO)N1. The summed E-state index contributed by atoms with van der Waals surface area (Å²) in [6, 6.07) is 1.66. The Bertz CT molecular complexity index is 747. The minimum absolute atomic E-state index is 0.0278. The number of nitrogens with one attached hydrogen (secondary N) is 1. The Hall–Kier alpha value is -1.60. The third kappa shape index (κ3) is 3.79. The van der Waals surface area contributed by atoms with Gasteiger partial charge in [-0.2, -0.15) is 13.2 Å². The molecular formula is C21H30F3N3O. The van der Waals surface area contributed by atoms with Crippen molar-refractivity contribution < 1.29 is 18.3 Å². The van der Waals surface area contributed by atoms with Crippen molar-refractivity contribution in [3.63, 3.8) is 0 Å². The van der Waals surface area contributed by atoms with Crippen LogP contribution in [0.1, 0.15) is 56.3 Å². The molecule has 2 aliphatic rings. The van der Waals surface area contributed by atoms with Crippen LogP contribution in [0.15, 0.2) is 23.2 Å². The fraction of sp³-hybridized carbons (Fsp3) is 0.667. The first-order valence-electron chi connectivity index (χ1n) is 10.0. The van der Waals surface area contributed by atoms with Crippen molar-refractivity contribution in [2.24, 2.45) is 12.0 Å². The number of rotatable bonds is 5. The fourth-order valence-electron chi connectivity index (χ4n) is 4.36. The summed E-state index contributed by atoms with van der Waals surface area (Å²) in [7, 11) is 1.68. The molecule has 0 bridgehead atoms. The number of aliphatic hydroxyl groups excluding tert-OH is 1. The highest BCUT2D eigenvalue weighted by Crippen LogP contribution is 2.55. The van der Waals surface area contributed by atoms with E-state index in [4.69, 9.17) is 0 Å². The zero-order chi connectivity index (χ0) is 20.5. The van der Waals surface area contributed by atoms with Gasteiger partial charge in [-0.1, -0.05) is 25.8 Å². The molecule has 1 saturated carbocycles. The van der Waals surface area contributed by atoms with Gasteiger partial charge < -0.3 is 15.0 Å². The first kappa shape index (κ1) is 21.1. The van der Waals surface area contributed by atoms with E-state index in [1.165, 1.54) is 0 Å². The second-order valence-corrected chi connectivity index (χ2v) is 8.21. The zero-order valence-electron chi connectivity index (χ0n) is 16.6. The molecule has 2 fully saturated rings. The van der Waals surface area contributed by atoms with E-state index < -0.39 is 11.6 Å². The van der Waals surface area contributed by atoms with Crippen LogP contribution in [0.3, 0.4) is 0 Å². The molecule has 4 nitrogen and oxygen atoms in total. The average molecular weight is 397 g/mol. The Morgan fingerprint density at radius 2 is 2.04 bits per heavy atom. The lowest BCUT2D eigenvalue weighted by molar-refractivity contribution is -0.214. The van der Waals surface area contributed by atoms with Crippen molar-refractivity contribution in [2.45, 2.75) is 75.5 Å². The average Bonchev–Trinajstić information content (AvgIpc) is 2.79. The van der Waals surface area contributed by atoms with Crippen LogP contribution in [-0.2, 0) is 12.5 Å². The molecular weight excluding hydrogens is 367 g/mol. The highest BCUT2D eigenvalue weighted by atomic mass is 19.4. The fourth-order valence-corrected chi connectivity index (χ4v) is 4.36. The number of nitrogens with zero attached hydrogens (tertiary/aromatic N) is 2. The van der Waals surface area contributed by atoms with Gasteiger partial charge in [0.2, 0.25) is 0 Å². The molecule has 1 aliphatic carbocycles. The minimum atomic E-state index is -4.25. The molecule has 1 aromatic heterocycles. The molecule has 3 rings (SSSR count). The summed E-state index contributed by atoms with van der Waals surface area (Å²) < 4.78 is 42.8. The van der Waals surface area contributed by atoms with Crippen molar-refractivity contribution in [2.75, 3.05) is 6.61 Å². The van der Waals surface area contributed by atoms with Gasteiger partial charge in [0.1, 0.15) is 5.41 Å². The molecule has 2 N–H and O–H groups in total. The van der Waals surface area contributed by atoms with Crippen LogP contribution in [0.2, 0.25) is 0 Å². The van der Waals surface area contributed by atoms with E-state index in [0.717, 1.165) is 37.0 Å². The van der Waals surface area contributed by atoms with Gasteiger partial charge in [-0.25, -0.2) is 0 Å². The molecule has 7 heteroatoms. The number of alkyl halides is 3. The van der Waals surface area contributed by atoms with E-state index in [1.54, 1.807) is 30.8 Å². The number of halogens is 3. The number of hydrogen-bond donors (Lipinski definition) is 2. The topological polar surface area (TPSA) is 49.5 Å². The van der Waals surface area contributed by atoms with Crippen LogP contribution >= 0.6 is 0 Å². The molecule has 156 valence electrons. The first-order chi connectivity index (χ1) is 13.2. The Kier molecular flexibility index (Phi) is 6.05. The summed E-state index contributed by atoms with van der Waals surface area (Å²) in [5.74, 6) is 0. The Morgan fingerprint density at radius 1 is 1.36 bits per heavy atom. The van der Waals surface area contributed by atoms with Gasteiger partial charge >= 0.3 is 6.18 Å². The predicted octanol–water partition coefficient (Wildman–Crippen LogP) is 4.47. The monoisotopic (exact) mass is 397 g/mol. The van der Waals surface area contributed by atoms with Gasteiger partial charge in [-0.05, 0) is 44.2 Å². The first-order valence-corrected chi connectivity index (χ1v) is 10.0. The predicted molar refractivity (Wildman–Crippen MR) is 105 cm³/mol. The molecule has 2 atom stereocenters. The Labute approximate surface area is 164 Å². The summed E-state index contributed by atoms with van der Waals surface area (Å²) in [6.45, 7) is 5.98. The zero-order valence-corrected chi connectivity index (χ0v) is 16.6. The van der Waals surface area contributed by atoms with Crippen molar-refractivity contribution in [3.8, 4) is 0 Å². The van der Waals surface area contributed by atoms with E-state index in [1.807, 2.05) is 0 Å². The van der Waals surface area contributed by atoms with Crippen LogP contribution < -0.4 is 5.32 Å². The minimum Gasteiger partial charge on any atom is -0.395 e. The van der Waals surface area contributed by atoms with Crippen LogP contribution in [-0.4, -0.2) is 40.8 Å². The van der Waals surface area contributed by atoms with Gasteiger partial charge in [-0.3, -0.25) is 4.99 Å². The molecule has 2 heterocycles. The number of aliphatic hydroxyl groups is 1. The second-order valence-electron chi connectivity index (χ2n) is 8.21. The van der Waals surface area contributed by atoms with E-state index in [2.05, 4.69) is 16.9 Å². The lowest BCUT2D eigenvalue weighted by atomic mass is 9.66. The maximum atomic E-state index is 13.7. The Morgan fingerprint density at radius 3 is 2.61 bits per heavy atom. The van der Waals surface area contributed by atoms with Gasteiger partial charge in [0.15, 0.2) is 0 Å². The van der Waals surface area contributed by atoms with Gasteiger partial charge in [-0.15, -0.1) is 0 Å². The highest BCUT2D eigenvalue weighted by Gasteiger charge is 2.60. The third-order valence-electron chi connectivity index (χ3n) is 6.52. The van der Waals surface area contributed by atoms with Crippen LogP contribution in [0, 0.1) is 6.92 Å². The van der Waals surface area contributed by atoms with Crippen LogP contribution in [0.25, 0.3) is 0 Å². The van der Waals surface area contributed by atoms with E-state index in [0.29, 0.717) is 17.8 Å². The molecule has 0 radical (unpaired) electrons. The maximum Gasteiger partial charge on any atom is 0.399 e. The maximum absolute atomic E-state index is 13.7. The molecule has 1 saturated heterocycles. The Balaban J connectivity index is 1.80. The van der Waals surface area contributed by atoms with Crippen molar-refractivity contribution in [3.05, 3.63) is 29.6 Å². The largest absolute Gasteiger partial charge is 0.399 e. The van der Waals surface area contributed by atoms with E-state index >= 15 is 0 Å². The number of hydrogen-bond acceptors (Lipinski definition) is 3. The van der Waals surface area contributed by atoms with Gasteiger partial charge in [0, 0.05) is 36.7 Å². The van der Waals surface area contributed by atoms with Crippen molar-refractivity contribution >= 4 is 11.9 Å². The van der Waals surface area contributed by atoms with Crippen LogP contribution in [0.4, 0.5) is 18.9 Å². The molecule has 2 unspecified atom stereocenters. The standard InChI is InChI=1S/C21H30F3N3O/c1-14(17-8-5-4-7-16(13-28)26-17)12-25-18-11-19(27(3)15(18)2)20(9-6-10-20)21(22,23)24/h11-12,16-17,26,28H,1,4-10,13H2,2-3H3. The van der Waals surface area contributed by atoms with E-state index in [9.17, 15) is 18.3 Å². The smallest absolute Gasteiger partial charge is 0.395 e. The third-order valence-corrected chi connectivity index (χ3v) is 6.52. The van der Waals surface area contributed by atoms with E-state index in [-0.39, 0.29) is 31.5 Å². The summed E-state index contributed by atoms with van der Waals surface area (Å²) in [6.07, 6.45) is 2.22. The molecule has 0 spiro atoms. The second kappa shape index (κ2) is 8.03. The van der Waals surface area contributed by atoms with Crippen molar-refractivity contribution in [1.29, 1.82) is 0 Å². The lowest BCUT2D eigenvalue weighted by Crippen LogP contribution is -2.49. The quantitative estimate of drug-likeness (QED) is 0.721. The summed E-state index contributed by atoms with van der Waals surface area (Å²) in [4.78, 5) is 4.48. The molecule has 0 aromatic carbocycles. The molecule has 1 aliphatic heterocycles. The van der Waals surface area contributed by atoms with Crippen molar-refractivity contribution in [1.82, 2.24) is 9.88 Å². The number of aromatic nitrogens is 1. The highest BCUT2D eigenvalue weighted by molar-refractivity contribution is 5.82. The molecule has 28 heavy (non-hydrogen) atoms. The van der Waals surface area contributed by atoms with Crippen LogP contribution in [0.5, 0.6) is 0 Å². The normalized spacial score (nSPS) is 25.5.